The summed E-state index contributed by atoms with van der Waals surface area (Å²) in [6, 6.07) is 3.37. The van der Waals surface area contributed by atoms with Crippen molar-refractivity contribution in [1.82, 2.24) is 0 Å². The Morgan fingerprint density at radius 1 is 1.06 bits per heavy atom. The molecule has 0 aromatic heterocycles. The number of ether oxygens (including phenoxy) is 2. The van der Waals surface area contributed by atoms with Crippen molar-refractivity contribution in [2.75, 3.05) is 18.2 Å². The molecule has 1 amide bonds. The molecule has 2 aromatic carbocycles. The average Bonchev–Trinajstić information content (AvgIpc) is 2.67. The first kappa shape index (κ1) is 26.2. The molecular weight excluding hydrogens is 499 g/mol. The van der Waals surface area contributed by atoms with Crippen LogP contribution in [0.3, 0.4) is 0 Å². The van der Waals surface area contributed by atoms with Gasteiger partial charge in [0.2, 0.25) is 0 Å². The number of alkyl halides is 9. The van der Waals surface area contributed by atoms with Crippen LogP contribution in [0.5, 0.6) is 11.5 Å². The summed E-state index contributed by atoms with van der Waals surface area (Å²) in [5.41, 5.74) is -3.84. The molecule has 0 spiro atoms. The highest BCUT2D eigenvalue weighted by molar-refractivity contribution is 6.34. The van der Waals surface area contributed by atoms with Gasteiger partial charge in [-0.1, -0.05) is 17.7 Å². The highest BCUT2D eigenvalue weighted by Gasteiger charge is 2.73. The smallest absolute Gasteiger partial charge is 0.435 e. The second kappa shape index (κ2) is 9.08. The van der Waals surface area contributed by atoms with E-state index in [0.717, 1.165) is 13.2 Å². The number of halogens is 10. The number of carbonyl (C=O) groups is 1. The molecule has 0 saturated heterocycles. The van der Waals surface area contributed by atoms with Crippen LogP contribution in [0.2, 0.25) is 5.02 Å². The fourth-order valence-corrected chi connectivity index (χ4v) is 2.98. The number of methoxy groups -OCH3 is 1. The molecule has 3 N–H and O–H groups in total. The Hall–Kier alpha value is -3.03. The number of para-hydroxylation sites is 1. The third kappa shape index (κ3) is 4.99. The monoisotopic (exact) mass is 510 g/mol. The van der Waals surface area contributed by atoms with Crippen LogP contribution in [0.4, 0.5) is 50.9 Å². The van der Waals surface area contributed by atoms with Gasteiger partial charge < -0.3 is 20.5 Å². The van der Waals surface area contributed by atoms with E-state index < -0.39 is 52.6 Å². The molecule has 0 radical (unpaired) electrons. The first-order valence-corrected chi connectivity index (χ1v) is 8.77. The Bertz CT molecular complexity index is 1030. The minimum atomic E-state index is -6.55. The van der Waals surface area contributed by atoms with Crippen LogP contribution in [0.25, 0.3) is 0 Å². The van der Waals surface area contributed by atoms with Crippen LogP contribution < -0.4 is 20.5 Å². The molecule has 0 unspecified atom stereocenters. The van der Waals surface area contributed by atoms with Crippen molar-refractivity contribution in [3.05, 3.63) is 46.5 Å². The fourth-order valence-electron chi connectivity index (χ4n) is 2.72. The minimum absolute atomic E-state index is 0.0341. The number of nitrogens with one attached hydrogen (secondary N) is 1. The highest BCUT2D eigenvalue weighted by Crippen LogP contribution is 2.55. The lowest BCUT2D eigenvalue weighted by Gasteiger charge is -2.31. The number of anilines is 2. The average molecular weight is 511 g/mol. The van der Waals surface area contributed by atoms with Gasteiger partial charge in [0.1, 0.15) is 5.69 Å². The second-order valence-electron chi connectivity index (χ2n) is 6.25. The number of benzene rings is 2. The lowest BCUT2D eigenvalue weighted by atomic mass is 9.93. The van der Waals surface area contributed by atoms with E-state index in [9.17, 15) is 44.3 Å². The van der Waals surface area contributed by atoms with E-state index in [-0.39, 0.29) is 29.1 Å². The van der Waals surface area contributed by atoms with E-state index in [0.29, 0.717) is 0 Å². The molecule has 0 bridgehead atoms. The summed E-state index contributed by atoms with van der Waals surface area (Å²) in [5, 5.41) is 0.751. The summed E-state index contributed by atoms with van der Waals surface area (Å²) in [7, 11) is 1.13. The molecule has 182 valence electrons. The molecule has 0 aliphatic carbocycles. The lowest BCUT2D eigenvalue weighted by molar-refractivity contribution is -0.348. The molecule has 0 aliphatic heterocycles. The number of nitrogen functional groups attached to an aromatic ring is 1. The van der Waals surface area contributed by atoms with Gasteiger partial charge in [-0.25, -0.2) is 4.39 Å². The Kier molecular flexibility index (Phi) is 7.21. The zero-order valence-electron chi connectivity index (χ0n) is 16.0. The van der Waals surface area contributed by atoms with Gasteiger partial charge in [0.25, 0.3) is 5.91 Å². The van der Waals surface area contributed by atoms with E-state index in [1.807, 2.05) is 5.32 Å². The largest absolute Gasteiger partial charge is 0.494 e. The second-order valence-corrected chi connectivity index (χ2v) is 6.65. The summed E-state index contributed by atoms with van der Waals surface area (Å²) >= 11 is 5.66. The van der Waals surface area contributed by atoms with Crippen LogP contribution in [-0.2, 0) is 5.67 Å². The number of rotatable bonds is 6. The SMILES string of the molecule is COc1c(N)cccc1C(=O)Nc1c(Cl)cc(C(F)(C(F)(F)F)C(F)(F)F)cc1OC(F)F. The van der Waals surface area contributed by atoms with Gasteiger partial charge in [-0.05, 0) is 24.3 Å². The summed E-state index contributed by atoms with van der Waals surface area (Å²) in [5.74, 6) is -2.80. The van der Waals surface area contributed by atoms with Crippen molar-refractivity contribution in [3.63, 3.8) is 0 Å². The Balaban J connectivity index is 2.67. The van der Waals surface area contributed by atoms with Gasteiger partial charge in [-0.15, -0.1) is 0 Å². The quantitative estimate of drug-likeness (QED) is 0.365. The van der Waals surface area contributed by atoms with E-state index in [1.54, 1.807) is 0 Å². The molecule has 0 saturated carbocycles. The lowest BCUT2D eigenvalue weighted by Crippen LogP contribution is -2.50. The van der Waals surface area contributed by atoms with Gasteiger partial charge in [-0.2, -0.15) is 35.1 Å². The van der Waals surface area contributed by atoms with Crippen LogP contribution in [0.15, 0.2) is 30.3 Å². The molecule has 0 fully saturated rings. The highest BCUT2D eigenvalue weighted by atomic mass is 35.5. The van der Waals surface area contributed by atoms with Crippen molar-refractivity contribution >= 4 is 28.9 Å². The van der Waals surface area contributed by atoms with E-state index in [1.165, 1.54) is 12.1 Å². The van der Waals surface area contributed by atoms with E-state index in [2.05, 4.69) is 4.74 Å². The molecular formula is C18H12ClF9N2O3. The normalized spacial score (nSPS) is 12.6. The summed E-state index contributed by atoms with van der Waals surface area (Å²) in [4.78, 5) is 12.6. The predicted molar refractivity (Wildman–Crippen MR) is 98.3 cm³/mol. The van der Waals surface area contributed by atoms with Crippen LogP contribution >= 0.6 is 11.6 Å². The Labute approximate surface area is 184 Å². The number of hydrogen-bond acceptors (Lipinski definition) is 4. The summed E-state index contributed by atoms with van der Waals surface area (Å²) < 4.78 is 127. The molecule has 33 heavy (non-hydrogen) atoms. The summed E-state index contributed by atoms with van der Waals surface area (Å²) in [6.45, 7) is -3.79. The minimum Gasteiger partial charge on any atom is -0.494 e. The van der Waals surface area contributed by atoms with Crippen LogP contribution in [0, 0.1) is 0 Å². The van der Waals surface area contributed by atoms with Crippen molar-refractivity contribution in [3.8, 4) is 11.5 Å². The van der Waals surface area contributed by atoms with Crippen molar-refractivity contribution in [2.24, 2.45) is 0 Å². The van der Waals surface area contributed by atoms with Crippen molar-refractivity contribution < 1.29 is 53.8 Å². The molecule has 5 nitrogen and oxygen atoms in total. The van der Waals surface area contributed by atoms with Crippen molar-refractivity contribution in [1.29, 1.82) is 0 Å². The molecule has 0 atom stereocenters. The predicted octanol–water partition coefficient (Wildman–Crippen LogP) is 6.07. The third-order valence-corrected chi connectivity index (χ3v) is 4.48. The van der Waals surface area contributed by atoms with E-state index >= 15 is 0 Å². The first-order chi connectivity index (χ1) is 15.0. The molecule has 0 aliphatic rings. The van der Waals surface area contributed by atoms with Gasteiger partial charge >= 0.3 is 24.6 Å². The maximum absolute atomic E-state index is 14.4. The topological polar surface area (TPSA) is 73.6 Å². The Morgan fingerprint density at radius 2 is 1.64 bits per heavy atom. The number of amides is 1. The summed E-state index contributed by atoms with van der Waals surface area (Å²) in [6.07, 6.45) is -13.1. The molecule has 0 heterocycles. The third-order valence-electron chi connectivity index (χ3n) is 4.18. The van der Waals surface area contributed by atoms with Crippen molar-refractivity contribution in [2.45, 2.75) is 24.6 Å². The molecule has 2 rings (SSSR count). The Morgan fingerprint density at radius 3 is 2.12 bits per heavy atom. The zero-order valence-corrected chi connectivity index (χ0v) is 16.8. The molecule has 2 aromatic rings. The number of carbonyl (C=O) groups excluding carboxylic acids is 1. The van der Waals surface area contributed by atoms with E-state index in [4.69, 9.17) is 22.1 Å². The van der Waals surface area contributed by atoms with Gasteiger partial charge in [0.15, 0.2) is 11.5 Å². The van der Waals surface area contributed by atoms with Crippen LogP contribution in [-0.4, -0.2) is 32.0 Å². The fraction of sp³-hybridized carbons (Fsp3) is 0.278. The molecule has 15 heteroatoms. The maximum atomic E-state index is 14.4. The zero-order chi connectivity index (χ0) is 25.4. The first-order valence-electron chi connectivity index (χ1n) is 8.39. The van der Waals surface area contributed by atoms with Gasteiger partial charge in [-0.3, -0.25) is 4.79 Å². The van der Waals surface area contributed by atoms with Gasteiger partial charge in [0, 0.05) is 5.56 Å². The van der Waals surface area contributed by atoms with Gasteiger partial charge in [0.05, 0.1) is 23.4 Å². The number of nitrogens with two attached hydrogens (primary N) is 1. The number of hydrogen-bond donors (Lipinski definition) is 2. The van der Waals surface area contributed by atoms with Crippen LogP contribution in [0.1, 0.15) is 15.9 Å². The maximum Gasteiger partial charge on any atom is 0.435 e. The standard InChI is InChI=1S/C18H12ClF9N2O3/c1-32-13-8(3-2-4-10(13)29)14(31)30-12-9(19)5-7(6-11(12)33-15(20)21)16(22,17(23,24)25)18(26,27)28/h2-6,15H,29H2,1H3,(H,30,31).